The van der Waals surface area contributed by atoms with E-state index in [0.717, 1.165) is 29.4 Å². The first-order valence-electron chi connectivity index (χ1n) is 5.81. The molecule has 0 fully saturated rings. The molecule has 7 heteroatoms. The number of nitrogens with zero attached hydrogens (tertiary/aromatic N) is 1. The molecule has 0 amide bonds. The lowest BCUT2D eigenvalue weighted by atomic mass is 10.4. The Balaban J connectivity index is 1.89. The Labute approximate surface area is 124 Å². The van der Waals surface area contributed by atoms with Crippen LogP contribution in [-0.4, -0.2) is 13.4 Å². The largest absolute Gasteiger partial charge is 0.263 e. The molecule has 1 N–H and O–H groups in total. The summed E-state index contributed by atoms with van der Waals surface area (Å²) in [7, 11) is -3.56. The van der Waals surface area contributed by atoms with Gasteiger partial charge in [-0.2, -0.15) is 0 Å². The number of benzene rings is 1. The Morgan fingerprint density at radius 3 is 2.89 bits per heavy atom. The fourth-order valence-corrected chi connectivity index (χ4v) is 4.92. The van der Waals surface area contributed by atoms with Crippen LogP contribution in [0.25, 0.3) is 0 Å². The number of hydrogen-bond donors (Lipinski definition) is 1. The summed E-state index contributed by atoms with van der Waals surface area (Å²) >= 11 is 4.71. The summed E-state index contributed by atoms with van der Waals surface area (Å²) in [6.07, 6.45) is 3.07. The average molecular weight is 359 g/mol. The van der Waals surface area contributed by atoms with Crippen molar-refractivity contribution >= 4 is 42.4 Å². The summed E-state index contributed by atoms with van der Waals surface area (Å²) in [4.78, 5) is 5.77. The van der Waals surface area contributed by atoms with Gasteiger partial charge in [-0.15, -0.1) is 11.3 Å². The van der Waals surface area contributed by atoms with Gasteiger partial charge in [0.1, 0.15) is 0 Å². The van der Waals surface area contributed by atoms with Crippen LogP contribution >= 0.6 is 27.3 Å². The van der Waals surface area contributed by atoms with Crippen LogP contribution < -0.4 is 4.72 Å². The minimum atomic E-state index is -3.56. The first kappa shape index (κ1) is 13.1. The number of rotatable bonds is 3. The number of thiazole rings is 1. The molecule has 100 valence electrons. The summed E-state index contributed by atoms with van der Waals surface area (Å²) < 4.78 is 27.7. The third-order valence-corrected chi connectivity index (χ3v) is 5.96. The van der Waals surface area contributed by atoms with Crippen LogP contribution in [0.1, 0.15) is 17.0 Å². The van der Waals surface area contributed by atoms with Crippen LogP contribution in [-0.2, 0) is 22.9 Å². The second-order valence-electron chi connectivity index (χ2n) is 4.31. The second-order valence-corrected chi connectivity index (χ2v) is 7.99. The molecule has 0 spiro atoms. The highest BCUT2D eigenvalue weighted by atomic mass is 79.9. The van der Waals surface area contributed by atoms with Gasteiger partial charge in [0.25, 0.3) is 10.0 Å². The Kier molecular flexibility index (Phi) is 3.36. The lowest BCUT2D eigenvalue weighted by Crippen LogP contribution is -2.12. The lowest BCUT2D eigenvalue weighted by Gasteiger charge is -2.05. The second kappa shape index (κ2) is 4.88. The molecule has 3 rings (SSSR count). The van der Waals surface area contributed by atoms with Crippen molar-refractivity contribution < 1.29 is 8.42 Å². The van der Waals surface area contributed by atoms with Crippen molar-refractivity contribution in [2.24, 2.45) is 0 Å². The van der Waals surface area contributed by atoms with E-state index in [1.165, 1.54) is 16.2 Å². The molecule has 1 heterocycles. The molecular formula is C12H11BrN2O2S2. The predicted molar refractivity (Wildman–Crippen MR) is 79.1 cm³/mol. The van der Waals surface area contributed by atoms with E-state index in [9.17, 15) is 8.42 Å². The van der Waals surface area contributed by atoms with E-state index in [-0.39, 0.29) is 4.90 Å². The summed E-state index contributed by atoms with van der Waals surface area (Å²) in [5.74, 6) is 0. The molecule has 1 aliphatic rings. The fraction of sp³-hybridized carbons (Fsp3) is 0.250. The molecule has 0 bridgehead atoms. The van der Waals surface area contributed by atoms with Crippen LogP contribution in [0, 0.1) is 0 Å². The van der Waals surface area contributed by atoms with Gasteiger partial charge in [-0.1, -0.05) is 22.0 Å². The minimum absolute atomic E-state index is 0.234. The molecule has 0 aliphatic heterocycles. The van der Waals surface area contributed by atoms with Gasteiger partial charge in [0.2, 0.25) is 0 Å². The highest BCUT2D eigenvalue weighted by molar-refractivity contribution is 9.10. The van der Waals surface area contributed by atoms with Crippen molar-refractivity contribution in [1.29, 1.82) is 0 Å². The van der Waals surface area contributed by atoms with Gasteiger partial charge in [-0.25, -0.2) is 13.4 Å². The number of aryl methyl sites for hydroxylation is 2. The van der Waals surface area contributed by atoms with Gasteiger partial charge in [0.05, 0.1) is 10.6 Å². The van der Waals surface area contributed by atoms with Gasteiger partial charge < -0.3 is 0 Å². The van der Waals surface area contributed by atoms with E-state index in [2.05, 4.69) is 25.6 Å². The topological polar surface area (TPSA) is 59.1 Å². The van der Waals surface area contributed by atoms with Gasteiger partial charge >= 0.3 is 0 Å². The van der Waals surface area contributed by atoms with Crippen molar-refractivity contribution in [1.82, 2.24) is 4.98 Å². The van der Waals surface area contributed by atoms with E-state index < -0.39 is 10.0 Å². The Morgan fingerprint density at radius 1 is 1.32 bits per heavy atom. The number of nitrogens with one attached hydrogen (secondary N) is 1. The van der Waals surface area contributed by atoms with Crippen LogP contribution in [0.2, 0.25) is 0 Å². The third-order valence-electron chi connectivity index (χ3n) is 2.92. The predicted octanol–water partition coefficient (Wildman–Crippen LogP) is 3.20. The fourth-order valence-electron chi connectivity index (χ4n) is 2.04. The molecule has 2 aromatic rings. The average Bonchev–Trinajstić information content (AvgIpc) is 2.89. The number of anilines is 1. The van der Waals surface area contributed by atoms with Gasteiger partial charge in [-0.3, -0.25) is 4.72 Å². The summed E-state index contributed by atoms with van der Waals surface area (Å²) in [5.41, 5.74) is 1.04. The minimum Gasteiger partial charge on any atom is -0.255 e. The zero-order valence-electron chi connectivity index (χ0n) is 9.89. The maximum Gasteiger partial charge on any atom is 0.263 e. The first-order valence-corrected chi connectivity index (χ1v) is 8.91. The maximum absolute atomic E-state index is 12.2. The molecule has 1 aliphatic carbocycles. The van der Waals surface area contributed by atoms with Crippen molar-refractivity contribution in [3.05, 3.63) is 39.3 Å². The Morgan fingerprint density at radius 2 is 2.16 bits per heavy atom. The summed E-state index contributed by atoms with van der Waals surface area (Å²) in [6.45, 7) is 0. The molecule has 0 saturated heterocycles. The van der Waals surface area contributed by atoms with E-state index in [0.29, 0.717) is 5.13 Å². The van der Waals surface area contributed by atoms with Crippen molar-refractivity contribution in [2.45, 2.75) is 24.2 Å². The number of fused-ring (bicyclic) bond motifs is 1. The number of sulfonamides is 1. The van der Waals surface area contributed by atoms with Crippen molar-refractivity contribution in [3.63, 3.8) is 0 Å². The van der Waals surface area contributed by atoms with Crippen LogP contribution in [0.3, 0.4) is 0 Å². The van der Waals surface area contributed by atoms with Gasteiger partial charge in [-0.05, 0) is 37.5 Å². The molecule has 0 unspecified atom stereocenters. The highest BCUT2D eigenvalue weighted by Crippen LogP contribution is 2.31. The molecule has 0 saturated carbocycles. The van der Waals surface area contributed by atoms with Gasteiger partial charge in [0, 0.05) is 9.35 Å². The molecule has 1 aromatic carbocycles. The smallest absolute Gasteiger partial charge is 0.255 e. The van der Waals surface area contributed by atoms with Crippen molar-refractivity contribution in [3.8, 4) is 0 Å². The van der Waals surface area contributed by atoms with E-state index in [4.69, 9.17) is 0 Å². The monoisotopic (exact) mass is 358 g/mol. The summed E-state index contributed by atoms with van der Waals surface area (Å²) in [5, 5.41) is 0.463. The Hall–Kier alpha value is -0.920. The molecule has 19 heavy (non-hydrogen) atoms. The third kappa shape index (κ3) is 2.68. The lowest BCUT2D eigenvalue weighted by molar-refractivity contribution is 0.601. The Bertz CT molecular complexity index is 704. The molecule has 4 nitrogen and oxygen atoms in total. The zero-order valence-corrected chi connectivity index (χ0v) is 13.1. The van der Waals surface area contributed by atoms with E-state index >= 15 is 0 Å². The van der Waals surface area contributed by atoms with Crippen LogP contribution in [0.15, 0.2) is 33.6 Å². The molecular weight excluding hydrogens is 348 g/mol. The zero-order chi connectivity index (χ0) is 13.5. The number of halogens is 1. The van der Waals surface area contributed by atoms with E-state index in [1.807, 2.05) is 0 Å². The standard InChI is InChI=1S/C12H11BrN2O2S2/c13-8-3-1-4-9(7-8)19(16,17)15-12-14-10-5-2-6-11(10)18-12/h1,3-4,7H,2,5-6H2,(H,14,15). The molecule has 0 atom stereocenters. The summed E-state index contributed by atoms with van der Waals surface area (Å²) in [6, 6.07) is 6.62. The number of hydrogen-bond acceptors (Lipinski definition) is 4. The van der Waals surface area contributed by atoms with Crippen LogP contribution in [0.4, 0.5) is 5.13 Å². The SMILES string of the molecule is O=S(=O)(Nc1nc2c(s1)CCC2)c1cccc(Br)c1. The number of aromatic nitrogens is 1. The molecule has 0 radical (unpaired) electrons. The maximum atomic E-state index is 12.2. The van der Waals surface area contributed by atoms with Crippen molar-refractivity contribution in [2.75, 3.05) is 4.72 Å². The molecule has 1 aromatic heterocycles. The van der Waals surface area contributed by atoms with E-state index in [1.54, 1.807) is 24.3 Å². The van der Waals surface area contributed by atoms with Crippen LogP contribution in [0.5, 0.6) is 0 Å². The van der Waals surface area contributed by atoms with Gasteiger partial charge in [0.15, 0.2) is 5.13 Å². The quantitative estimate of drug-likeness (QED) is 0.916. The normalized spacial score (nSPS) is 14.4. The highest BCUT2D eigenvalue weighted by Gasteiger charge is 2.21. The first-order chi connectivity index (χ1) is 9.04.